The molecule has 1 aromatic carbocycles. The summed E-state index contributed by atoms with van der Waals surface area (Å²) < 4.78 is 1.83. The summed E-state index contributed by atoms with van der Waals surface area (Å²) >= 11 is 0. The molecule has 1 unspecified atom stereocenters. The van der Waals surface area contributed by atoms with Crippen molar-refractivity contribution in [2.75, 3.05) is 5.32 Å². The SMILES string of the molecule is CC(C)(C)c1cc2n(n1)C(Cc1ccccc1)C(=O)N2. The molecular weight excluding hydrogens is 250 g/mol. The molecule has 1 aromatic heterocycles. The number of nitrogens with zero attached hydrogens (tertiary/aromatic N) is 2. The highest BCUT2D eigenvalue weighted by molar-refractivity contribution is 5.97. The van der Waals surface area contributed by atoms with E-state index in [-0.39, 0.29) is 17.4 Å². The Labute approximate surface area is 118 Å². The summed E-state index contributed by atoms with van der Waals surface area (Å²) in [5, 5.41) is 7.55. The number of carbonyl (C=O) groups is 1. The van der Waals surface area contributed by atoms with E-state index in [2.05, 4.69) is 31.2 Å². The van der Waals surface area contributed by atoms with Gasteiger partial charge in [0.1, 0.15) is 11.9 Å². The van der Waals surface area contributed by atoms with E-state index in [1.54, 1.807) is 0 Å². The molecule has 1 atom stereocenters. The third-order valence-corrected chi connectivity index (χ3v) is 3.63. The van der Waals surface area contributed by atoms with Gasteiger partial charge in [0.15, 0.2) is 0 Å². The molecule has 1 aliphatic rings. The molecule has 4 heteroatoms. The van der Waals surface area contributed by atoms with Crippen LogP contribution in [-0.4, -0.2) is 15.7 Å². The average Bonchev–Trinajstić information content (AvgIpc) is 2.91. The molecule has 1 amide bonds. The summed E-state index contributed by atoms with van der Waals surface area (Å²) in [5.41, 5.74) is 2.14. The first kappa shape index (κ1) is 12.9. The highest BCUT2D eigenvalue weighted by atomic mass is 16.2. The fraction of sp³-hybridized carbons (Fsp3) is 0.375. The Hall–Kier alpha value is -2.10. The quantitative estimate of drug-likeness (QED) is 0.911. The van der Waals surface area contributed by atoms with E-state index in [1.165, 1.54) is 0 Å². The Morgan fingerprint density at radius 1 is 1.25 bits per heavy atom. The van der Waals surface area contributed by atoms with Crippen LogP contribution in [-0.2, 0) is 16.6 Å². The number of fused-ring (bicyclic) bond motifs is 1. The minimum atomic E-state index is -0.247. The lowest BCUT2D eigenvalue weighted by molar-refractivity contribution is -0.118. The van der Waals surface area contributed by atoms with Crippen LogP contribution in [0.15, 0.2) is 36.4 Å². The first-order valence-corrected chi connectivity index (χ1v) is 6.90. The van der Waals surface area contributed by atoms with E-state index in [0.717, 1.165) is 17.1 Å². The van der Waals surface area contributed by atoms with Crippen molar-refractivity contribution in [1.29, 1.82) is 0 Å². The van der Waals surface area contributed by atoms with Crippen LogP contribution in [0.1, 0.15) is 38.1 Å². The Morgan fingerprint density at radius 2 is 1.95 bits per heavy atom. The van der Waals surface area contributed by atoms with Crippen LogP contribution >= 0.6 is 0 Å². The molecular formula is C16H19N3O. The molecule has 1 N–H and O–H groups in total. The van der Waals surface area contributed by atoms with Crippen molar-refractivity contribution in [3.8, 4) is 0 Å². The highest BCUT2D eigenvalue weighted by Gasteiger charge is 2.33. The number of nitrogens with one attached hydrogen (secondary N) is 1. The first-order valence-electron chi connectivity index (χ1n) is 6.90. The van der Waals surface area contributed by atoms with Crippen LogP contribution in [0, 0.1) is 0 Å². The zero-order chi connectivity index (χ0) is 14.3. The van der Waals surface area contributed by atoms with E-state index in [9.17, 15) is 4.79 Å². The molecule has 3 rings (SSSR count). The second-order valence-corrected chi connectivity index (χ2v) is 6.30. The van der Waals surface area contributed by atoms with Crippen molar-refractivity contribution in [2.45, 2.75) is 38.6 Å². The van der Waals surface area contributed by atoms with E-state index >= 15 is 0 Å². The second-order valence-electron chi connectivity index (χ2n) is 6.30. The molecule has 104 valence electrons. The zero-order valence-electron chi connectivity index (χ0n) is 12.1. The zero-order valence-corrected chi connectivity index (χ0v) is 12.1. The van der Waals surface area contributed by atoms with Gasteiger partial charge < -0.3 is 5.32 Å². The summed E-state index contributed by atoms with van der Waals surface area (Å²) in [4.78, 5) is 12.1. The van der Waals surface area contributed by atoms with Crippen molar-refractivity contribution >= 4 is 11.7 Å². The predicted octanol–water partition coefficient (Wildman–Crippen LogP) is 2.92. The third-order valence-electron chi connectivity index (χ3n) is 3.63. The average molecular weight is 269 g/mol. The lowest BCUT2D eigenvalue weighted by Gasteiger charge is -2.15. The van der Waals surface area contributed by atoms with Gasteiger partial charge in [-0.3, -0.25) is 4.79 Å². The standard InChI is InChI=1S/C16H19N3O/c1-16(2,3)13-10-14-17-15(20)12(19(14)18-13)9-11-7-5-4-6-8-11/h4-8,10,12H,9H2,1-3H3,(H,17,20). The van der Waals surface area contributed by atoms with Gasteiger partial charge in [-0.05, 0) is 5.56 Å². The molecule has 0 fully saturated rings. The number of hydrogen-bond acceptors (Lipinski definition) is 2. The van der Waals surface area contributed by atoms with Gasteiger partial charge in [-0.15, -0.1) is 0 Å². The van der Waals surface area contributed by atoms with E-state index in [1.807, 2.05) is 41.1 Å². The molecule has 0 spiro atoms. The molecule has 0 aliphatic carbocycles. The fourth-order valence-corrected chi connectivity index (χ4v) is 2.43. The first-order chi connectivity index (χ1) is 9.45. The smallest absolute Gasteiger partial charge is 0.250 e. The van der Waals surface area contributed by atoms with Crippen LogP contribution in [0.2, 0.25) is 0 Å². The lowest BCUT2D eigenvalue weighted by Crippen LogP contribution is -2.21. The molecule has 1 aliphatic heterocycles. The van der Waals surface area contributed by atoms with Gasteiger partial charge in [-0.1, -0.05) is 51.1 Å². The fourth-order valence-electron chi connectivity index (χ4n) is 2.43. The van der Waals surface area contributed by atoms with Crippen molar-refractivity contribution < 1.29 is 4.79 Å². The Kier molecular flexibility index (Phi) is 2.89. The van der Waals surface area contributed by atoms with Gasteiger partial charge in [0.05, 0.1) is 5.69 Å². The van der Waals surface area contributed by atoms with Gasteiger partial charge in [0, 0.05) is 17.9 Å². The number of benzene rings is 1. The molecule has 0 saturated carbocycles. The number of rotatable bonds is 2. The molecule has 2 heterocycles. The van der Waals surface area contributed by atoms with Crippen LogP contribution in [0.5, 0.6) is 0 Å². The van der Waals surface area contributed by atoms with Crippen LogP contribution in [0.25, 0.3) is 0 Å². The number of amides is 1. The summed E-state index contributed by atoms with van der Waals surface area (Å²) in [6.45, 7) is 6.37. The Bertz CT molecular complexity index is 637. The normalized spacial score (nSPS) is 17.9. The second kappa shape index (κ2) is 4.47. The summed E-state index contributed by atoms with van der Waals surface area (Å²) in [5.74, 6) is 0.831. The van der Waals surface area contributed by atoms with Crippen LogP contribution in [0.4, 0.5) is 5.82 Å². The Morgan fingerprint density at radius 3 is 2.60 bits per heavy atom. The molecule has 0 radical (unpaired) electrons. The maximum atomic E-state index is 12.1. The van der Waals surface area contributed by atoms with Crippen molar-refractivity contribution in [3.05, 3.63) is 47.7 Å². The van der Waals surface area contributed by atoms with Crippen LogP contribution < -0.4 is 5.32 Å². The van der Waals surface area contributed by atoms with Crippen molar-refractivity contribution in [1.82, 2.24) is 9.78 Å². The Balaban J connectivity index is 1.91. The van der Waals surface area contributed by atoms with E-state index in [4.69, 9.17) is 0 Å². The van der Waals surface area contributed by atoms with E-state index < -0.39 is 0 Å². The highest BCUT2D eigenvalue weighted by Crippen LogP contribution is 2.31. The number of anilines is 1. The van der Waals surface area contributed by atoms with Gasteiger partial charge in [-0.2, -0.15) is 5.10 Å². The summed E-state index contributed by atoms with van der Waals surface area (Å²) in [6.07, 6.45) is 0.672. The molecule has 20 heavy (non-hydrogen) atoms. The summed E-state index contributed by atoms with van der Waals surface area (Å²) in [6, 6.07) is 11.8. The van der Waals surface area contributed by atoms with Gasteiger partial charge >= 0.3 is 0 Å². The molecule has 0 bridgehead atoms. The summed E-state index contributed by atoms with van der Waals surface area (Å²) in [7, 11) is 0. The maximum absolute atomic E-state index is 12.1. The van der Waals surface area contributed by atoms with Crippen LogP contribution in [0.3, 0.4) is 0 Å². The minimum Gasteiger partial charge on any atom is -0.309 e. The molecule has 0 saturated heterocycles. The minimum absolute atomic E-state index is 0.0145. The molecule has 2 aromatic rings. The number of hydrogen-bond donors (Lipinski definition) is 1. The number of carbonyl (C=O) groups excluding carboxylic acids is 1. The molecule has 4 nitrogen and oxygen atoms in total. The monoisotopic (exact) mass is 269 g/mol. The topological polar surface area (TPSA) is 46.9 Å². The van der Waals surface area contributed by atoms with E-state index in [0.29, 0.717) is 6.42 Å². The van der Waals surface area contributed by atoms with Crippen molar-refractivity contribution in [2.24, 2.45) is 0 Å². The van der Waals surface area contributed by atoms with Gasteiger partial charge in [0.2, 0.25) is 0 Å². The third kappa shape index (κ3) is 2.22. The largest absolute Gasteiger partial charge is 0.309 e. The van der Waals surface area contributed by atoms with Gasteiger partial charge in [-0.25, -0.2) is 4.68 Å². The number of aromatic nitrogens is 2. The van der Waals surface area contributed by atoms with Gasteiger partial charge in [0.25, 0.3) is 5.91 Å². The van der Waals surface area contributed by atoms with Crippen molar-refractivity contribution in [3.63, 3.8) is 0 Å². The predicted molar refractivity (Wildman–Crippen MR) is 78.7 cm³/mol. The maximum Gasteiger partial charge on any atom is 0.250 e. The lowest BCUT2D eigenvalue weighted by atomic mass is 9.92.